The van der Waals surface area contributed by atoms with E-state index in [1.165, 1.54) is 6.20 Å². The summed E-state index contributed by atoms with van der Waals surface area (Å²) in [6.07, 6.45) is 1.42. The van der Waals surface area contributed by atoms with Crippen molar-refractivity contribution in [3.8, 4) is 0 Å². The Bertz CT molecular complexity index is 629. The summed E-state index contributed by atoms with van der Waals surface area (Å²) in [4.78, 5) is 15.9. The number of benzene rings is 1. The van der Waals surface area contributed by atoms with Gasteiger partial charge in [-0.15, -0.1) is 0 Å². The molecule has 0 aliphatic carbocycles. The molecule has 1 heterocycles. The smallest absolute Gasteiger partial charge is 0.253 e. The molecular formula is C14H11Cl3N2O. The fraction of sp³-hybridized carbons (Fsp3) is 0.143. The molecule has 6 heteroatoms. The molecule has 0 radical (unpaired) electrons. The van der Waals surface area contributed by atoms with Crippen molar-refractivity contribution < 1.29 is 4.79 Å². The Morgan fingerprint density at radius 3 is 2.55 bits per heavy atom. The first kappa shape index (κ1) is 15.1. The van der Waals surface area contributed by atoms with Crippen LogP contribution >= 0.6 is 34.8 Å². The molecule has 1 aromatic carbocycles. The van der Waals surface area contributed by atoms with E-state index in [1.54, 1.807) is 30.3 Å². The molecule has 2 aromatic rings. The Balaban J connectivity index is 2.12. The van der Waals surface area contributed by atoms with Crippen LogP contribution in [0, 0.1) is 0 Å². The van der Waals surface area contributed by atoms with Gasteiger partial charge in [0.15, 0.2) is 0 Å². The highest BCUT2D eigenvalue weighted by atomic mass is 35.5. The number of aromatic nitrogens is 1. The predicted molar refractivity (Wildman–Crippen MR) is 81.6 cm³/mol. The number of carbonyl (C=O) groups is 1. The predicted octanol–water partition coefficient (Wildman–Crippen LogP) is 4.53. The van der Waals surface area contributed by atoms with Crippen LogP contribution in [0.25, 0.3) is 0 Å². The zero-order valence-corrected chi connectivity index (χ0v) is 12.8. The molecule has 2 rings (SSSR count). The molecule has 1 aromatic heterocycles. The van der Waals surface area contributed by atoms with Crippen molar-refractivity contribution in [1.82, 2.24) is 10.3 Å². The third-order valence-electron chi connectivity index (χ3n) is 2.77. The lowest BCUT2D eigenvalue weighted by Gasteiger charge is -2.16. The van der Waals surface area contributed by atoms with Gasteiger partial charge in [0.25, 0.3) is 5.91 Å². The van der Waals surface area contributed by atoms with Crippen molar-refractivity contribution in [3.63, 3.8) is 0 Å². The van der Waals surface area contributed by atoms with Crippen LogP contribution in [0.2, 0.25) is 15.2 Å². The molecule has 1 amide bonds. The van der Waals surface area contributed by atoms with Crippen LogP contribution in [0.5, 0.6) is 0 Å². The molecule has 1 N–H and O–H groups in total. The number of nitrogens with one attached hydrogen (secondary N) is 1. The number of amides is 1. The minimum Gasteiger partial charge on any atom is -0.345 e. The normalized spacial score (nSPS) is 12.0. The fourth-order valence-electron chi connectivity index (χ4n) is 1.72. The van der Waals surface area contributed by atoms with Crippen LogP contribution in [-0.2, 0) is 0 Å². The van der Waals surface area contributed by atoms with Gasteiger partial charge in [-0.05, 0) is 36.8 Å². The van der Waals surface area contributed by atoms with Gasteiger partial charge < -0.3 is 5.32 Å². The Hall–Kier alpha value is -1.29. The van der Waals surface area contributed by atoms with E-state index in [1.807, 2.05) is 6.92 Å². The second-order valence-corrected chi connectivity index (χ2v) is 5.46. The average molecular weight is 330 g/mol. The summed E-state index contributed by atoms with van der Waals surface area (Å²) in [6, 6.07) is 8.09. The van der Waals surface area contributed by atoms with Crippen LogP contribution in [0.3, 0.4) is 0 Å². The van der Waals surface area contributed by atoms with Crippen molar-refractivity contribution in [1.29, 1.82) is 0 Å². The monoisotopic (exact) mass is 328 g/mol. The Labute approximate surface area is 131 Å². The highest BCUT2D eigenvalue weighted by Gasteiger charge is 2.14. The zero-order valence-electron chi connectivity index (χ0n) is 10.5. The zero-order chi connectivity index (χ0) is 14.7. The third-order valence-corrected chi connectivity index (χ3v) is 3.55. The van der Waals surface area contributed by atoms with Gasteiger partial charge in [-0.25, -0.2) is 4.98 Å². The Morgan fingerprint density at radius 2 is 1.95 bits per heavy atom. The molecule has 104 valence electrons. The number of hydrogen-bond donors (Lipinski definition) is 1. The van der Waals surface area contributed by atoms with Crippen LogP contribution in [-0.4, -0.2) is 10.9 Å². The minimum absolute atomic E-state index is 0.243. The number of halogens is 3. The summed E-state index contributed by atoms with van der Waals surface area (Å²) < 4.78 is 0. The van der Waals surface area contributed by atoms with Crippen molar-refractivity contribution >= 4 is 40.7 Å². The van der Waals surface area contributed by atoms with Gasteiger partial charge in [-0.2, -0.15) is 0 Å². The van der Waals surface area contributed by atoms with E-state index in [9.17, 15) is 4.79 Å². The van der Waals surface area contributed by atoms with Gasteiger partial charge >= 0.3 is 0 Å². The molecule has 0 fully saturated rings. The first-order valence-electron chi connectivity index (χ1n) is 5.84. The summed E-state index contributed by atoms with van der Waals surface area (Å²) in [5.74, 6) is -0.243. The van der Waals surface area contributed by atoms with E-state index >= 15 is 0 Å². The average Bonchev–Trinajstić information content (AvgIpc) is 2.39. The highest BCUT2D eigenvalue weighted by Crippen LogP contribution is 2.26. The third kappa shape index (κ3) is 3.63. The minimum atomic E-state index is -0.247. The Kier molecular flexibility index (Phi) is 4.86. The molecule has 0 saturated carbocycles. The van der Waals surface area contributed by atoms with Gasteiger partial charge in [0.1, 0.15) is 5.15 Å². The molecule has 0 saturated heterocycles. The van der Waals surface area contributed by atoms with E-state index < -0.39 is 0 Å². The number of pyridine rings is 1. The SMILES string of the molecule is C[C@@H](NC(=O)c1ccc(Cl)nc1)c1ccc(Cl)cc1Cl. The molecule has 3 nitrogen and oxygen atoms in total. The molecule has 0 spiro atoms. The molecule has 0 aliphatic heterocycles. The quantitative estimate of drug-likeness (QED) is 0.840. The van der Waals surface area contributed by atoms with Gasteiger partial charge in [0.05, 0.1) is 11.6 Å². The summed E-state index contributed by atoms with van der Waals surface area (Å²) in [5, 5.41) is 4.25. The van der Waals surface area contributed by atoms with Crippen molar-refractivity contribution in [2.24, 2.45) is 0 Å². The van der Waals surface area contributed by atoms with Gasteiger partial charge in [0, 0.05) is 16.2 Å². The maximum absolute atomic E-state index is 12.1. The maximum atomic E-state index is 12.1. The van der Waals surface area contributed by atoms with E-state index in [-0.39, 0.29) is 11.9 Å². The van der Waals surface area contributed by atoms with E-state index in [2.05, 4.69) is 10.3 Å². The number of carbonyl (C=O) groups excluding carboxylic acids is 1. The van der Waals surface area contributed by atoms with Crippen molar-refractivity contribution in [2.45, 2.75) is 13.0 Å². The maximum Gasteiger partial charge on any atom is 0.253 e. The van der Waals surface area contributed by atoms with Crippen LogP contribution in [0.1, 0.15) is 28.9 Å². The molecule has 1 atom stereocenters. The van der Waals surface area contributed by atoms with Crippen LogP contribution in [0.4, 0.5) is 0 Å². The lowest BCUT2D eigenvalue weighted by atomic mass is 10.1. The van der Waals surface area contributed by atoms with E-state index in [0.717, 1.165) is 5.56 Å². The molecule has 0 aliphatic rings. The van der Waals surface area contributed by atoms with Gasteiger partial charge in [0.2, 0.25) is 0 Å². The Morgan fingerprint density at radius 1 is 1.20 bits per heavy atom. The highest BCUT2D eigenvalue weighted by molar-refractivity contribution is 6.35. The summed E-state index contributed by atoms with van der Waals surface area (Å²) in [5.41, 5.74) is 1.23. The second-order valence-electron chi connectivity index (χ2n) is 4.23. The van der Waals surface area contributed by atoms with E-state index in [4.69, 9.17) is 34.8 Å². The second kappa shape index (κ2) is 6.44. The first-order chi connectivity index (χ1) is 9.47. The number of rotatable bonds is 3. The lowest BCUT2D eigenvalue weighted by Crippen LogP contribution is -2.26. The van der Waals surface area contributed by atoms with E-state index in [0.29, 0.717) is 20.8 Å². The molecule has 0 unspecified atom stereocenters. The largest absolute Gasteiger partial charge is 0.345 e. The van der Waals surface area contributed by atoms with Gasteiger partial charge in [-0.3, -0.25) is 4.79 Å². The summed E-state index contributed by atoms with van der Waals surface area (Å²) in [6.45, 7) is 1.84. The molecule has 0 bridgehead atoms. The fourth-order valence-corrected chi connectivity index (χ4v) is 2.40. The van der Waals surface area contributed by atoms with Gasteiger partial charge in [-0.1, -0.05) is 40.9 Å². The van der Waals surface area contributed by atoms with Crippen molar-refractivity contribution in [3.05, 3.63) is 62.9 Å². The number of hydrogen-bond acceptors (Lipinski definition) is 2. The first-order valence-corrected chi connectivity index (χ1v) is 6.98. The summed E-state index contributed by atoms with van der Waals surface area (Å²) in [7, 11) is 0. The topological polar surface area (TPSA) is 42.0 Å². The van der Waals surface area contributed by atoms with Crippen LogP contribution in [0.15, 0.2) is 36.5 Å². The molecule has 20 heavy (non-hydrogen) atoms. The van der Waals surface area contributed by atoms with Crippen LogP contribution < -0.4 is 5.32 Å². The number of nitrogens with zero attached hydrogens (tertiary/aromatic N) is 1. The summed E-state index contributed by atoms with van der Waals surface area (Å²) >= 11 is 17.6. The standard InChI is InChI=1S/C14H11Cl3N2O/c1-8(11-4-3-10(15)6-12(11)16)19-14(20)9-2-5-13(17)18-7-9/h2-8H,1H3,(H,19,20)/t8-/m1/s1. The lowest BCUT2D eigenvalue weighted by molar-refractivity contribution is 0.0939. The molecular weight excluding hydrogens is 319 g/mol. The van der Waals surface area contributed by atoms with Crippen molar-refractivity contribution in [2.75, 3.05) is 0 Å².